The smallest absolute Gasteiger partial charge is 0.356 e. The quantitative estimate of drug-likeness (QED) is 0.647. The standard InChI is InChI=1S/C21H22F3N5/c22-21(23,24)18-19(25-13-29-17(12-14-6-7-14)26-27-20(18)29)28-10-8-16(9-11-28)15-4-2-1-3-5-15/h1-5,13-14,16H,6-12H2. The maximum atomic E-state index is 14.0. The fraction of sp³-hybridized carbons (Fsp3) is 0.476. The second-order valence-corrected chi connectivity index (χ2v) is 8.07. The molecule has 1 aliphatic heterocycles. The number of hydrogen-bond donors (Lipinski definition) is 0. The minimum Gasteiger partial charge on any atom is -0.356 e. The van der Waals surface area contributed by atoms with Crippen molar-refractivity contribution in [2.24, 2.45) is 5.92 Å². The van der Waals surface area contributed by atoms with Gasteiger partial charge >= 0.3 is 6.18 Å². The monoisotopic (exact) mass is 401 g/mol. The van der Waals surface area contributed by atoms with Crippen LogP contribution in [0.15, 0.2) is 36.7 Å². The van der Waals surface area contributed by atoms with E-state index in [9.17, 15) is 13.2 Å². The number of fused-ring (bicyclic) bond motifs is 1. The Bertz CT molecular complexity index is 1000. The van der Waals surface area contributed by atoms with Gasteiger partial charge in [-0.25, -0.2) is 4.98 Å². The van der Waals surface area contributed by atoms with Crippen molar-refractivity contribution in [3.05, 3.63) is 53.6 Å². The van der Waals surface area contributed by atoms with Crippen LogP contribution in [0.5, 0.6) is 0 Å². The third kappa shape index (κ3) is 3.56. The van der Waals surface area contributed by atoms with Crippen LogP contribution in [0.1, 0.15) is 48.6 Å². The highest BCUT2D eigenvalue weighted by molar-refractivity contribution is 5.63. The molecule has 2 aliphatic rings. The summed E-state index contributed by atoms with van der Waals surface area (Å²) in [5.41, 5.74) is 0.338. The number of aromatic nitrogens is 4. The van der Waals surface area contributed by atoms with Gasteiger partial charge < -0.3 is 4.90 Å². The van der Waals surface area contributed by atoms with Gasteiger partial charge in [-0.3, -0.25) is 4.40 Å². The van der Waals surface area contributed by atoms with Crippen molar-refractivity contribution < 1.29 is 13.2 Å². The van der Waals surface area contributed by atoms with Gasteiger partial charge in [0.15, 0.2) is 5.65 Å². The first kappa shape index (κ1) is 18.4. The second-order valence-electron chi connectivity index (χ2n) is 8.07. The Morgan fingerprint density at radius 1 is 0.966 bits per heavy atom. The lowest BCUT2D eigenvalue weighted by molar-refractivity contribution is -0.136. The van der Waals surface area contributed by atoms with Gasteiger partial charge in [0, 0.05) is 19.5 Å². The zero-order valence-corrected chi connectivity index (χ0v) is 15.9. The number of piperidine rings is 1. The molecule has 3 heterocycles. The van der Waals surface area contributed by atoms with Crippen LogP contribution >= 0.6 is 0 Å². The van der Waals surface area contributed by atoms with Gasteiger partial charge in [-0.1, -0.05) is 30.3 Å². The van der Waals surface area contributed by atoms with Gasteiger partial charge in [-0.2, -0.15) is 13.2 Å². The van der Waals surface area contributed by atoms with E-state index < -0.39 is 11.7 Å². The highest BCUT2D eigenvalue weighted by Gasteiger charge is 2.41. The molecule has 2 aromatic heterocycles. The summed E-state index contributed by atoms with van der Waals surface area (Å²) in [4.78, 5) is 5.99. The summed E-state index contributed by atoms with van der Waals surface area (Å²) in [5, 5.41) is 7.95. The van der Waals surface area contributed by atoms with E-state index in [1.165, 1.54) is 16.3 Å². The molecular weight excluding hydrogens is 379 g/mol. The maximum absolute atomic E-state index is 14.0. The SMILES string of the molecule is FC(F)(F)c1c(N2CCC(c3ccccc3)CC2)ncn2c(CC3CC3)nnc12. The van der Waals surface area contributed by atoms with Crippen molar-refractivity contribution in [3.63, 3.8) is 0 Å². The summed E-state index contributed by atoms with van der Waals surface area (Å²) in [6, 6.07) is 10.2. The van der Waals surface area contributed by atoms with Crippen molar-refractivity contribution >= 4 is 11.5 Å². The van der Waals surface area contributed by atoms with Crippen molar-refractivity contribution in [2.45, 2.75) is 44.2 Å². The normalized spacial score (nSPS) is 18.5. The number of hydrogen-bond acceptors (Lipinski definition) is 4. The molecule has 0 atom stereocenters. The van der Waals surface area contributed by atoms with Crippen molar-refractivity contribution in [2.75, 3.05) is 18.0 Å². The number of nitrogens with zero attached hydrogens (tertiary/aromatic N) is 5. The van der Waals surface area contributed by atoms with Crippen LogP contribution in [0.2, 0.25) is 0 Å². The lowest BCUT2D eigenvalue weighted by Gasteiger charge is -2.34. The van der Waals surface area contributed by atoms with Crippen LogP contribution in [0, 0.1) is 5.92 Å². The molecule has 1 aromatic carbocycles. The zero-order valence-electron chi connectivity index (χ0n) is 15.9. The molecule has 1 saturated carbocycles. The van der Waals surface area contributed by atoms with Crippen molar-refractivity contribution in [1.29, 1.82) is 0 Å². The maximum Gasteiger partial charge on any atom is 0.423 e. The molecule has 29 heavy (non-hydrogen) atoms. The topological polar surface area (TPSA) is 46.3 Å². The Hall–Kier alpha value is -2.64. The fourth-order valence-corrected chi connectivity index (χ4v) is 4.25. The molecule has 3 aromatic rings. The second kappa shape index (κ2) is 7.00. The largest absolute Gasteiger partial charge is 0.423 e. The van der Waals surface area contributed by atoms with E-state index in [2.05, 4.69) is 27.3 Å². The number of halogens is 3. The molecule has 0 N–H and O–H groups in total. The number of rotatable bonds is 4. The van der Waals surface area contributed by atoms with Gasteiger partial charge in [-0.05, 0) is 43.1 Å². The van der Waals surface area contributed by atoms with Gasteiger partial charge in [0.05, 0.1) is 0 Å². The first-order valence-corrected chi connectivity index (χ1v) is 10.1. The first-order chi connectivity index (χ1) is 14.0. The Morgan fingerprint density at radius 2 is 1.69 bits per heavy atom. The molecule has 5 rings (SSSR count). The molecule has 1 aliphatic carbocycles. The number of alkyl halides is 3. The van der Waals surface area contributed by atoms with E-state index >= 15 is 0 Å². The lowest BCUT2D eigenvalue weighted by Crippen LogP contribution is -2.35. The summed E-state index contributed by atoms with van der Waals surface area (Å²) in [5.74, 6) is 1.41. The van der Waals surface area contributed by atoms with E-state index in [1.807, 2.05) is 18.2 Å². The van der Waals surface area contributed by atoms with Crippen LogP contribution < -0.4 is 4.90 Å². The summed E-state index contributed by atoms with van der Waals surface area (Å²) < 4.78 is 43.5. The zero-order chi connectivity index (χ0) is 20.0. The molecule has 0 spiro atoms. The Balaban J connectivity index is 1.45. The Labute approximate surface area is 166 Å². The molecule has 8 heteroatoms. The third-order valence-corrected chi connectivity index (χ3v) is 6.03. The predicted molar refractivity (Wildman–Crippen MR) is 103 cm³/mol. The fourth-order valence-electron chi connectivity index (χ4n) is 4.25. The third-order valence-electron chi connectivity index (χ3n) is 6.03. The van der Waals surface area contributed by atoms with Gasteiger partial charge in [0.1, 0.15) is 23.5 Å². The Kier molecular flexibility index (Phi) is 4.44. The van der Waals surface area contributed by atoms with Crippen LogP contribution in [-0.2, 0) is 12.6 Å². The predicted octanol–water partition coefficient (Wildman–Crippen LogP) is 4.48. The highest BCUT2D eigenvalue weighted by atomic mass is 19.4. The molecule has 1 saturated heterocycles. The highest BCUT2D eigenvalue weighted by Crippen LogP contribution is 2.40. The molecular formula is C21H22F3N5. The summed E-state index contributed by atoms with van der Waals surface area (Å²) in [6.45, 7) is 1.07. The molecule has 152 valence electrons. The average molecular weight is 401 g/mol. The van der Waals surface area contributed by atoms with E-state index in [0.717, 1.165) is 25.7 Å². The Morgan fingerprint density at radius 3 is 2.34 bits per heavy atom. The van der Waals surface area contributed by atoms with Gasteiger partial charge in [0.2, 0.25) is 0 Å². The van der Waals surface area contributed by atoms with Gasteiger partial charge in [-0.15, -0.1) is 10.2 Å². The number of anilines is 1. The average Bonchev–Trinajstić information content (AvgIpc) is 3.46. The van der Waals surface area contributed by atoms with Crippen LogP contribution in [0.4, 0.5) is 19.0 Å². The first-order valence-electron chi connectivity index (χ1n) is 10.1. The summed E-state index contributed by atoms with van der Waals surface area (Å²) in [6.07, 6.45) is 1.38. The minimum atomic E-state index is -4.54. The molecule has 0 radical (unpaired) electrons. The van der Waals surface area contributed by atoms with E-state index in [4.69, 9.17) is 0 Å². The lowest BCUT2D eigenvalue weighted by atomic mass is 9.89. The van der Waals surface area contributed by atoms with E-state index in [0.29, 0.717) is 37.2 Å². The van der Waals surface area contributed by atoms with E-state index in [1.54, 1.807) is 4.90 Å². The summed E-state index contributed by atoms with van der Waals surface area (Å²) >= 11 is 0. The summed E-state index contributed by atoms with van der Waals surface area (Å²) in [7, 11) is 0. The van der Waals surface area contributed by atoms with E-state index in [-0.39, 0.29) is 11.5 Å². The van der Waals surface area contributed by atoms with Gasteiger partial charge in [0.25, 0.3) is 0 Å². The van der Waals surface area contributed by atoms with Crippen LogP contribution in [0.3, 0.4) is 0 Å². The minimum absolute atomic E-state index is 0.0260. The molecule has 0 bridgehead atoms. The van der Waals surface area contributed by atoms with Crippen LogP contribution in [0.25, 0.3) is 5.65 Å². The number of benzene rings is 1. The molecule has 0 amide bonds. The van der Waals surface area contributed by atoms with Crippen molar-refractivity contribution in [1.82, 2.24) is 19.6 Å². The molecule has 5 nitrogen and oxygen atoms in total. The molecule has 2 fully saturated rings. The van der Waals surface area contributed by atoms with Crippen molar-refractivity contribution in [3.8, 4) is 0 Å². The molecule has 0 unspecified atom stereocenters. The van der Waals surface area contributed by atoms with Crippen LogP contribution in [-0.4, -0.2) is 32.7 Å².